The van der Waals surface area contributed by atoms with Crippen LogP contribution in [0.15, 0.2) is 0 Å². The van der Waals surface area contributed by atoms with Gasteiger partial charge in [0.05, 0.1) is 0 Å². The molecule has 80 valence electrons. The van der Waals surface area contributed by atoms with Gasteiger partial charge in [0.2, 0.25) is 0 Å². The highest BCUT2D eigenvalue weighted by Gasteiger charge is 2.07. The lowest BCUT2D eigenvalue weighted by atomic mass is 10.1. The fraction of sp³-hybridized carbons (Fsp3) is 1.00. The van der Waals surface area contributed by atoms with Crippen LogP contribution in [0.2, 0.25) is 0 Å². The van der Waals surface area contributed by atoms with E-state index in [1.54, 1.807) is 6.26 Å². The molecule has 0 amide bonds. The van der Waals surface area contributed by atoms with Gasteiger partial charge in [0.15, 0.2) is 0 Å². The smallest absolute Gasteiger partial charge is 0.0329 e. The van der Waals surface area contributed by atoms with Crippen LogP contribution < -0.4 is 5.32 Å². The predicted molar refractivity (Wildman–Crippen MR) is 60.5 cm³/mol. The fourth-order valence-corrected chi connectivity index (χ4v) is 1.68. The van der Waals surface area contributed by atoms with Gasteiger partial charge >= 0.3 is 0 Å². The molecule has 1 N–H and O–H groups in total. The Morgan fingerprint density at radius 2 is 1.85 bits per heavy atom. The maximum Gasteiger partial charge on any atom is 0.0329 e. The van der Waals surface area contributed by atoms with Gasteiger partial charge in [0.25, 0.3) is 0 Å². The van der Waals surface area contributed by atoms with Crippen molar-refractivity contribution in [3.05, 3.63) is 0 Å². The van der Waals surface area contributed by atoms with Crippen molar-refractivity contribution in [2.75, 3.05) is 12.8 Å². The van der Waals surface area contributed by atoms with E-state index in [0.717, 1.165) is 13.0 Å². The summed E-state index contributed by atoms with van der Waals surface area (Å²) in [6, 6.07) is 0.637. The number of hydrogen-bond acceptors (Lipinski definition) is 2. The van der Waals surface area contributed by atoms with Crippen molar-refractivity contribution in [2.45, 2.75) is 51.3 Å². The lowest BCUT2D eigenvalue weighted by molar-refractivity contribution is 0.478. The van der Waals surface area contributed by atoms with Crippen molar-refractivity contribution in [1.82, 2.24) is 5.32 Å². The zero-order chi connectivity index (χ0) is 10.3. The summed E-state index contributed by atoms with van der Waals surface area (Å²) >= 11 is 0. The highest BCUT2D eigenvalue weighted by Crippen LogP contribution is 2.00. The van der Waals surface area contributed by atoms with Gasteiger partial charge in [0.1, 0.15) is 0 Å². The molecule has 0 bridgehead atoms. The first-order valence-electron chi connectivity index (χ1n) is 5.17. The molecule has 2 atom stereocenters. The summed E-state index contributed by atoms with van der Waals surface area (Å²) < 4.78 is 11.0. The molecule has 0 aliphatic heterocycles. The molecule has 0 saturated heterocycles. The molecule has 0 radical (unpaired) electrons. The van der Waals surface area contributed by atoms with E-state index >= 15 is 0 Å². The Kier molecular flexibility index (Phi) is 7.57. The second kappa shape index (κ2) is 7.51. The Morgan fingerprint density at radius 3 is 2.23 bits per heavy atom. The third kappa shape index (κ3) is 6.22. The van der Waals surface area contributed by atoms with Crippen LogP contribution in [0.3, 0.4) is 0 Å². The molecule has 0 heterocycles. The van der Waals surface area contributed by atoms with Gasteiger partial charge in [-0.25, -0.2) is 0 Å². The molecule has 0 aromatic carbocycles. The maximum absolute atomic E-state index is 11.0. The van der Waals surface area contributed by atoms with Gasteiger partial charge in [-0.1, -0.05) is 20.8 Å². The third-order valence-corrected chi connectivity index (χ3v) is 3.91. The first-order chi connectivity index (χ1) is 6.11. The van der Waals surface area contributed by atoms with E-state index in [0.29, 0.717) is 11.3 Å². The van der Waals surface area contributed by atoms with E-state index in [1.807, 2.05) is 6.92 Å². The molecule has 0 fully saturated rings. The lowest BCUT2D eigenvalue weighted by Gasteiger charge is -2.15. The van der Waals surface area contributed by atoms with E-state index < -0.39 is 10.8 Å². The highest BCUT2D eigenvalue weighted by molar-refractivity contribution is 7.84. The van der Waals surface area contributed by atoms with Crippen molar-refractivity contribution in [1.29, 1.82) is 0 Å². The average molecular weight is 205 g/mol. The first kappa shape index (κ1) is 13.1. The van der Waals surface area contributed by atoms with Crippen molar-refractivity contribution in [3.8, 4) is 0 Å². The molecule has 0 aliphatic carbocycles. The monoisotopic (exact) mass is 205 g/mol. The first-order valence-corrected chi connectivity index (χ1v) is 6.79. The number of nitrogens with one attached hydrogen (secondary N) is 1. The Hall–Kier alpha value is 0.110. The largest absolute Gasteiger partial charge is 0.314 e. The second-order valence-corrected chi connectivity index (χ2v) is 5.37. The van der Waals surface area contributed by atoms with E-state index in [1.165, 1.54) is 12.8 Å². The summed E-state index contributed by atoms with van der Waals surface area (Å²) in [6.45, 7) is 7.43. The molecule has 0 aromatic rings. The SMILES string of the molecule is CCC(CC)NCCC(C)S(C)=O. The van der Waals surface area contributed by atoms with Crippen LogP contribution in [0.1, 0.15) is 40.0 Å². The minimum Gasteiger partial charge on any atom is -0.314 e. The molecule has 0 aromatic heterocycles. The molecule has 2 unspecified atom stereocenters. The molecule has 0 saturated carbocycles. The van der Waals surface area contributed by atoms with Gasteiger partial charge in [-0.2, -0.15) is 0 Å². The van der Waals surface area contributed by atoms with Gasteiger partial charge in [-0.3, -0.25) is 4.21 Å². The van der Waals surface area contributed by atoms with Gasteiger partial charge < -0.3 is 5.32 Å². The topological polar surface area (TPSA) is 29.1 Å². The highest BCUT2D eigenvalue weighted by atomic mass is 32.2. The summed E-state index contributed by atoms with van der Waals surface area (Å²) in [5, 5.41) is 3.79. The molecule has 0 spiro atoms. The summed E-state index contributed by atoms with van der Waals surface area (Å²) in [6.07, 6.45) is 5.15. The Labute approximate surface area is 84.9 Å². The van der Waals surface area contributed by atoms with E-state index in [2.05, 4.69) is 19.2 Å². The predicted octanol–water partition coefficient (Wildman–Crippen LogP) is 1.92. The molecule has 2 nitrogen and oxygen atoms in total. The van der Waals surface area contributed by atoms with Crippen LogP contribution in [0.4, 0.5) is 0 Å². The number of hydrogen-bond donors (Lipinski definition) is 1. The zero-order valence-electron chi connectivity index (χ0n) is 9.30. The van der Waals surface area contributed by atoms with Crippen LogP contribution in [-0.2, 0) is 10.8 Å². The number of rotatable bonds is 7. The van der Waals surface area contributed by atoms with E-state index in [9.17, 15) is 4.21 Å². The van der Waals surface area contributed by atoms with Crippen molar-refractivity contribution < 1.29 is 4.21 Å². The molecule has 3 heteroatoms. The van der Waals surface area contributed by atoms with Crippen LogP contribution in [-0.4, -0.2) is 28.3 Å². The van der Waals surface area contributed by atoms with Crippen LogP contribution in [0.5, 0.6) is 0 Å². The van der Waals surface area contributed by atoms with E-state index in [-0.39, 0.29) is 0 Å². The molecule has 0 aliphatic rings. The van der Waals surface area contributed by atoms with Gasteiger partial charge in [-0.15, -0.1) is 0 Å². The minimum atomic E-state index is -0.669. The second-order valence-electron chi connectivity index (χ2n) is 3.57. The molecular formula is C10H23NOS. The normalized spacial score (nSPS) is 16.1. The summed E-state index contributed by atoms with van der Waals surface area (Å²) in [5.74, 6) is 0. The van der Waals surface area contributed by atoms with E-state index in [4.69, 9.17) is 0 Å². The van der Waals surface area contributed by atoms with Gasteiger partial charge in [-0.05, 0) is 25.8 Å². The van der Waals surface area contributed by atoms with Crippen LogP contribution >= 0.6 is 0 Å². The standard InChI is InChI=1S/C10H23NOS/c1-5-10(6-2)11-8-7-9(3)13(4)12/h9-11H,5-8H2,1-4H3. The summed E-state index contributed by atoms with van der Waals surface area (Å²) in [7, 11) is -0.669. The van der Waals surface area contributed by atoms with Gasteiger partial charge in [0, 0.05) is 28.3 Å². The lowest BCUT2D eigenvalue weighted by Crippen LogP contribution is -2.30. The van der Waals surface area contributed by atoms with Crippen LogP contribution in [0.25, 0.3) is 0 Å². The minimum absolute atomic E-state index is 0.321. The average Bonchev–Trinajstić information content (AvgIpc) is 2.12. The fourth-order valence-electron chi connectivity index (χ4n) is 1.23. The maximum atomic E-state index is 11.0. The van der Waals surface area contributed by atoms with Crippen molar-refractivity contribution in [3.63, 3.8) is 0 Å². The van der Waals surface area contributed by atoms with Crippen molar-refractivity contribution in [2.24, 2.45) is 0 Å². The summed E-state index contributed by atoms with van der Waals surface area (Å²) in [5.41, 5.74) is 0. The Bertz CT molecular complexity index is 146. The van der Waals surface area contributed by atoms with Crippen LogP contribution in [0, 0.1) is 0 Å². The third-order valence-electron chi connectivity index (χ3n) is 2.54. The van der Waals surface area contributed by atoms with Crippen molar-refractivity contribution >= 4 is 10.8 Å². The molecular weight excluding hydrogens is 182 g/mol. The Morgan fingerprint density at radius 1 is 1.31 bits per heavy atom. The molecule has 0 rings (SSSR count). The Balaban J connectivity index is 3.48. The molecule has 13 heavy (non-hydrogen) atoms. The quantitative estimate of drug-likeness (QED) is 0.688. The zero-order valence-corrected chi connectivity index (χ0v) is 10.1. The summed E-state index contributed by atoms with van der Waals surface area (Å²) in [4.78, 5) is 0.